The molecular formula is C46H31N3. The van der Waals surface area contributed by atoms with Crippen molar-refractivity contribution in [1.29, 1.82) is 0 Å². The number of fused-ring (bicyclic) bond motifs is 2. The topological polar surface area (TPSA) is 30.2 Å². The number of benzene rings is 6. The Morgan fingerprint density at radius 1 is 0.388 bits per heavy atom. The average molecular weight is 626 g/mol. The second-order valence-electron chi connectivity index (χ2n) is 12.3. The van der Waals surface area contributed by atoms with Gasteiger partial charge < -0.3 is 0 Å². The Hall–Kier alpha value is -6.58. The highest BCUT2D eigenvalue weighted by atomic mass is 15.0. The highest BCUT2D eigenvalue weighted by molar-refractivity contribution is 6.06. The summed E-state index contributed by atoms with van der Waals surface area (Å²) in [6.45, 7) is 0. The SMILES string of the molecule is c1ccc(-c2cc(-c3ccccc3)cc(-c3ccc(-c4cccc(-c5nc(-c6ccccn6)c6ccccn56)c4)c4ccccc34)c2)cc1. The van der Waals surface area contributed by atoms with Crippen molar-refractivity contribution in [3.8, 4) is 67.3 Å². The number of hydrogen-bond donors (Lipinski definition) is 0. The minimum absolute atomic E-state index is 0.863. The van der Waals surface area contributed by atoms with Crippen molar-refractivity contribution in [2.75, 3.05) is 0 Å². The second kappa shape index (κ2) is 12.2. The molecule has 230 valence electrons. The van der Waals surface area contributed by atoms with Crippen LogP contribution >= 0.6 is 0 Å². The first kappa shape index (κ1) is 28.6. The Kier molecular flexibility index (Phi) is 7.14. The Bertz CT molecular complexity index is 2530. The number of rotatable bonds is 6. The fraction of sp³-hybridized carbons (Fsp3) is 0. The summed E-state index contributed by atoms with van der Waals surface area (Å²) in [5.41, 5.74) is 13.4. The van der Waals surface area contributed by atoms with Gasteiger partial charge in [0.25, 0.3) is 0 Å². The van der Waals surface area contributed by atoms with E-state index in [0.29, 0.717) is 0 Å². The minimum Gasteiger partial charge on any atom is -0.299 e. The van der Waals surface area contributed by atoms with E-state index in [9.17, 15) is 0 Å². The average Bonchev–Trinajstić information content (AvgIpc) is 3.58. The van der Waals surface area contributed by atoms with E-state index >= 15 is 0 Å². The summed E-state index contributed by atoms with van der Waals surface area (Å²) in [5.74, 6) is 0.894. The van der Waals surface area contributed by atoms with Crippen LogP contribution in [-0.2, 0) is 0 Å². The Morgan fingerprint density at radius 2 is 0.939 bits per heavy atom. The van der Waals surface area contributed by atoms with Gasteiger partial charge >= 0.3 is 0 Å². The molecule has 0 radical (unpaired) electrons. The third kappa shape index (κ3) is 5.28. The molecule has 0 saturated carbocycles. The third-order valence-corrected chi connectivity index (χ3v) is 9.27. The zero-order valence-electron chi connectivity index (χ0n) is 26.7. The molecule has 6 aromatic carbocycles. The quantitative estimate of drug-likeness (QED) is 0.184. The smallest absolute Gasteiger partial charge is 0.145 e. The van der Waals surface area contributed by atoms with Crippen molar-refractivity contribution < 1.29 is 0 Å². The van der Waals surface area contributed by atoms with E-state index in [-0.39, 0.29) is 0 Å². The Labute approximate surface area is 285 Å². The molecule has 0 aliphatic carbocycles. The van der Waals surface area contributed by atoms with Crippen LogP contribution in [-0.4, -0.2) is 14.4 Å². The molecule has 0 atom stereocenters. The summed E-state index contributed by atoms with van der Waals surface area (Å²) in [6, 6.07) is 62.5. The minimum atomic E-state index is 0.863. The molecule has 3 heteroatoms. The fourth-order valence-electron chi connectivity index (χ4n) is 6.94. The van der Waals surface area contributed by atoms with Gasteiger partial charge in [-0.15, -0.1) is 0 Å². The van der Waals surface area contributed by atoms with E-state index in [0.717, 1.165) is 33.9 Å². The third-order valence-electron chi connectivity index (χ3n) is 9.27. The van der Waals surface area contributed by atoms with Gasteiger partial charge in [-0.05, 0) is 104 Å². The summed E-state index contributed by atoms with van der Waals surface area (Å²) >= 11 is 0. The summed E-state index contributed by atoms with van der Waals surface area (Å²) in [6.07, 6.45) is 3.90. The number of hydrogen-bond acceptors (Lipinski definition) is 2. The predicted molar refractivity (Wildman–Crippen MR) is 203 cm³/mol. The molecule has 3 aromatic heterocycles. The van der Waals surface area contributed by atoms with Gasteiger partial charge in [0.2, 0.25) is 0 Å². The lowest BCUT2D eigenvalue weighted by molar-refractivity contribution is 1.16. The molecule has 0 bridgehead atoms. The maximum atomic E-state index is 5.15. The van der Waals surface area contributed by atoms with Crippen molar-refractivity contribution in [3.63, 3.8) is 0 Å². The van der Waals surface area contributed by atoms with E-state index in [2.05, 4.69) is 167 Å². The van der Waals surface area contributed by atoms with Gasteiger partial charge in [-0.1, -0.05) is 127 Å². The molecule has 0 unspecified atom stereocenters. The van der Waals surface area contributed by atoms with Crippen LogP contribution in [0, 0.1) is 0 Å². The van der Waals surface area contributed by atoms with Crippen LogP contribution in [0.4, 0.5) is 0 Å². The molecule has 49 heavy (non-hydrogen) atoms. The molecule has 3 heterocycles. The van der Waals surface area contributed by atoms with Gasteiger partial charge in [0.1, 0.15) is 11.5 Å². The Balaban J connectivity index is 1.19. The molecule has 0 spiro atoms. The Morgan fingerprint density at radius 3 is 1.61 bits per heavy atom. The number of aromatic nitrogens is 3. The van der Waals surface area contributed by atoms with Crippen LogP contribution in [0.15, 0.2) is 188 Å². The van der Waals surface area contributed by atoms with Gasteiger partial charge in [0.05, 0.1) is 11.2 Å². The molecular weight excluding hydrogens is 595 g/mol. The number of imidazole rings is 1. The first-order valence-corrected chi connectivity index (χ1v) is 16.6. The molecule has 9 rings (SSSR count). The van der Waals surface area contributed by atoms with E-state index in [4.69, 9.17) is 4.98 Å². The summed E-state index contributed by atoms with van der Waals surface area (Å²) < 4.78 is 2.16. The first-order chi connectivity index (χ1) is 24.3. The molecule has 0 aliphatic rings. The van der Waals surface area contributed by atoms with Gasteiger partial charge in [-0.25, -0.2) is 4.98 Å². The molecule has 9 aromatic rings. The molecule has 3 nitrogen and oxygen atoms in total. The normalized spacial score (nSPS) is 11.3. The lowest BCUT2D eigenvalue weighted by Crippen LogP contribution is -1.91. The van der Waals surface area contributed by atoms with Crippen molar-refractivity contribution >= 4 is 16.3 Å². The zero-order chi connectivity index (χ0) is 32.6. The van der Waals surface area contributed by atoms with Crippen LogP contribution < -0.4 is 0 Å². The van der Waals surface area contributed by atoms with Crippen LogP contribution in [0.3, 0.4) is 0 Å². The van der Waals surface area contributed by atoms with Gasteiger partial charge in [0.15, 0.2) is 0 Å². The molecule has 0 amide bonds. The van der Waals surface area contributed by atoms with E-state index in [1.165, 1.54) is 49.7 Å². The highest BCUT2D eigenvalue weighted by Gasteiger charge is 2.17. The van der Waals surface area contributed by atoms with Crippen LogP contribution in [0.2, 0.25) is 0 Å². The van der Waals surface area contributed by atoms with Crippen LogP contribution in [0.25, 0.3) is 83.6 Å². The van der Waals surface area contributed by atoms with Gasteiger partial charge in [0, 0.05) is 18.0 Å². The van der Waals surface area contributed by atoms with Crippen molar-refractivity contribution in [1.82, 2.24) is 14.4 Å². The summed E-state index contributed by atoms with van der Waals surface area (Å²) in [7, 11) is 0. The second-order valence-corrected chi connectivity index (χ2v) is 12.3. The standard InChI is InChI=1S/C46H31N3/c1-3-14-32(15-4-1)36-29-37(33-16-5-2-6-17-33)31-38(30-36)40-25-24-39(41-20-7-8-21-42(40)41)34-18-13-19-35(28-34)46-48-45(43-22-9-11-26-47-43)44-23-10-12-27-49(44)46/h1-31H. The fourth-order valence-corrected chi connectivity index (χ4v) is 6.94. The maximum absolute atomic E-state index is 5.15. The van der Waals surface area contributed by atoms with Gasteiger partial charge in [-0.3, -0.25) is 9.38 Å². The summed E-state index contributed by atoms with van der Waals surface area (Å²) in [5, 5.41) is 2.43. The molecule has 0 aliphatic heterocycles. The van der Waals surface area contributed by atoms with Crippen molar-refractivity contribution in [2.45, 2.75) is 0 Å². The highest BCUT2D eigenvalue weighted by Crippen LogP contribution is 2.40. The molecule has 0 fully saturated rings. The maximum Gasteiger partial charge on any atom is 0.145 e. The van der Waals surface area contributed by atoms with Crippen molar-refractivity contribution in [2.24, 2.45) is 0 Å². The largest absolute Gasteiger partial charge is 0.299 e. The van der Waals surface area contributed by atoms with Crippen molar-refractivity contribution in [3.05, 3.63) is 188 Å². The monoisotopic (exact) mass is 625 g/mol. The number of nitrogens with zero attached hydrogens (tertiary/aromatic N) is 3. The summed E-state index contributed by atoms with van der Waals surface area (Å²) in [4.78, 5) is 9.76. The lowest BCUT2D eigenvalue weighted by Gasteiger charge is -2.15. The van der Waals surface area contributed by atoms with Crippen LogP contribution in [0.1, 0.15) is 0 Å². The van der Waals surface area contributed by atoms with Crippen LogP contribution in [0.5, 0.6) is 0 Å². The van der Waals surface area contributed by atoms with E-state index < -0.39 is 0 Å². The van der Waals surface area contributed by atoms with Gasteiger partial charge in [-0.2, -0.15) is 0 Å². The predicted octanol–water partition coefficient (Wildman–Crippen LogP) is 11.9. The zero-order valence-corrected chi connectivity index (χ0v) is 26.7. The first-order valence-electron chi connectivity index (χ1n) is 16.6. The molecule has 0 N–H and O–H groups in total. The lowest BCUT2D eigenvalue weighted by atomic mass is 9.89. The van der Waals surface area contributed by atoms with E-state index in [1.54, 1.807) is 0 Å². The molecule has 0 saturated heterocycles. The number of pyridine rings is 2. The van der Waals surface area contributed by atoms with E-state index in [1.807, 2.05) is 30.5 Å².